The van der Waals surface area contributed by atoms with Crippen LogP contribution >= 0.6 is 23.8 Å². The molecule has 0 atom stereocenters. The number of rotatable bonds is 2. The fourth-order valence-electron chi connectivity index (χ4n) is 3.41. The standard InChI is InChI=1S/C20H22ClN5OS/c1-14-3-2-4-16(11-14)25-6-8-26(9-7-25)20(28)24-23-17-5-10-27-18-12-15(21)13-22-19(17)18/h2-4,11-13H,5-10H2,1H3,(H,24,28)/b23-17-. The minimum absolute atomic E-state index is 0.551. The van der Waals surface area contributed by atoms with Gasteiger partial charge in [-0.1, -0.05) is 23.7 Å². The number of piperazine rings is 1. The number of hydrogen-bond acceptors (Lipinski definition) is 5. The van der Waals surface area contributed by atoms with Crippen molar-refractivity contribution in [2.24, 2.45) is 5.10 Å². The van der Waals surface area contributed by atoms with E-state index in [1.54, 1.807) is 12.3 Å². The maximum atomic E-state index is 5.99. The Morgan fingerprint density at radius 3 is 2.86 bits per heavy atom. The lowest BCUT2D eigenvalue weighted by molar-refractivity contribution is 0.318. The molecule has 1 N–H and O–H groups in total. The van der Waals surface area contributed by atoms with Crippen LogP contribution in [0, 0.1) is 6.92 Å². The summed E-state index contributed by atoms with van der Waals surface area (Å²) in [6.07, 6.45) is 2.28. The second-order valence-corrected chi connectivity index (χ2v) is 7.71. The van der Waals surface area contributed by atoms with Crippen LogP contribution in [-0.4, -0.2) is 53.5 Å². The first-order valence-electron chi connectivity index (χ1n) is 9.32. The number of hydrogen-bond donors (Lipinski definition) is 1. The van der Waals surface area contributed by atoms with Crippen molar-refractivity contribution in [1.29, 1.82) is 0 Å². The summed E-state index contributed by atoms with van der Waals surface area (Å²) in [6.45, 7) is 6.25. The second-order valence-electron chi connectivity index (χ2n) is 6.89. The predicted octanol–water partition coefficient (Wildman–Crippen LogP) is 3.23. The number of anilines is 1. The topological polar surface area (TPSA) is 53.0 Å². The fraction of sp³-hybridized carbons (Fsp3) is 0.350. The van der Waals surface area contributed by atoms with E-state index in [4.69, 9.17) is 28.6 Å². The highest BCUT2D eigenvalue weighted by Gasteiger charge is 2.21. The highest BCUT2D eigenvalue weighted by Crippen LogP contribution is 2.26. The van der Waals surface area contributed by atoms with Crippen LogP contribution in [0.1, 0.15) is 17.7 Å². The van der Waals surface area contributed by atoms with Gasteiger partial charge in [0.2, 0.25) is 0 Å². The van der Waals surface area contributed by atoms with Crippen molar-refractivity contribution < 1.29 is 4.74 Å². The number of thiocarbonyl (C=S) groups is 1. The van der Waals surface area contributed by atoms with Crippen molar-refractivity contribution in [3.63, 3.8) is 0 Å². The summed E-state index contributed by atoms with van der Waals surface area (Å²) in [5, 5.41) is 5.69. The lowest BCUT2D eigenvalue weighted by atomic mass is 10.1. The largest absolute Gasteiger partial charge is 0.491 e. The fourth-order valence-corrected chi connectivity index (χ4v) is 3.79. The number of nitrogens with zero attached hydrogens (tertiary/aromatic N) is 4. The number of pyridine rings is 1. The summed E-state index contributed by atoms with van der Waals surface area (Å²) in [4.78, 5) is 8.89. The van der Waals surface area contributed by atoms with Gasteiger partial charge in [0.1, 0.15) is 11.4 Å². The van der Waals surface area contributed by atoms with Crippen molar-refractivity contribution in [2.75, 3.05) is 37.7 Å². The number of nitrogens with one attached hydrogen (secondary N) is 1. The Kier molecular flexibility index (Phi) is 5.64. The zero-order valence-corrected chi connectivity index (χ0v) is 17.3. The van der Waals surface area contributed by atoms with E-state index < -0.39 is 0 Å². The van der Waals surface area contributed by atoms with Crippen LogP contribution < -0.4 is 15.1 Å². The van der Waals surface area contributed by atoms with Gasteiger partial charge in [-0.15, -0.1) is 0 Å². The summed E-state index contributed by atoms with van der Waals surface area (Å²) in [7, 11) is 0. The van der Waals surface area contributed by atoms with E-state index in [1.165, 1.54) is 11.3 Å². The van der Waals surface area contributed by atoms with E-state index in [9.17, 15) is 0 Å². The molecule has 0 unspecified atom stereocenters. The minimum Gasteiger partial charge on any atom is -0.491 e. The molecule has 0 bridgehead atoms. The average Bonchev–Trinajstić information content (AvgIpc) is 2.72. The highest BCUT2D eigenvalue weighted by molar-refractivity contribution is 7.80. The number of ether oxygens (including phenoxy) is 1. The minimum atomic E-state index is 0.551. The smallest absolute Gasteiger partial charge is 0.189 e. The molecule has 1 saturated heterocycles. The molecule has 8 heteroatoms. The number of benzene rings is 1. The summed E-state index contributed by atoms with van der Waals surface area (Å²) in [5.41, 5.74) is 7.13. The van der Waals surface area contributed by atoms with Crippen molar-refractivity contribution in [3.05, 3.63) is 52.8 Å². The summed E-state index contributed by atoms with van der Waals surface area (Å²) in [6, 6.07) is 10.4. The molecule has 2 aliphatic rings. The average molecular weight is 416 g/mol. The van der Waals surface area contributed by atoms with E-state index >= 15 is 0 Å². The molecule has 6 nitrogen and oxygen atoms in total. The molecule has 1 aromatic heterocycles. The third kappa shape index (κ3) is 4.20. The van der Waals surface area contributed by atoms with Crippen LogP contribution in [-0.2, 0) is 0 Å². The zero-order valence-electron chi connectivity index (χ0n) is 15.7. The maximum Gasteiger partial charge on any atom is 0.189 e. The van der Waals surface area contributed by atoms with Crippen LogP contribution in [0.2, 0.25) is 5.02 Å². The Hall–Kier alpha value is -2.38. The molecule has 4 rings (SSSR count). The van der Waals surface area contributed by atoms with E-state index in [1.807, 2.05) is 0 Å². The monoisotopic (exact) mass is 415 g/mol. The van der Waals surface area contributed by atoms with Gasteiger partial charge in [-0.05, 0) is 36.8 Å². The molecular weight excluding hydrogens is 394 g/mol. The van der Waals surface area contributed by atoms with E-state index in [2.05, 4.69) is 56.5 Å². The van der Waals surface area contributed by atoms with Crippen LogP contribution in [0.25, 0.3) is 0 Å². The van der Waals surface area contributed by atoms with E-state index in [0.29, 0.717) is 28.9 Å². The van der Waals surface area contributed by atoms with Gasteiger partial charge in [0, 0.05) is 50.6 Å². The van der Waals surface area contributed by atoms with E-state index in [-0.39, 0.29) is 0 Å². The van der Waals surface area contributed by atoms with Crippen LogP contribution in [0.3, 0.4) is 0 Å². The normalized spacial score (nSPS) is 17.9. The molecule has 28 heavy (non-hydrogen) atoms. The lowest BCUT2D eigenvalue weighted by Gasteiger charge is -2.37. The molecule has 2 aromatic rings. The first kappa shape index (κ1) is 19.0. The van der Waals surface area contributed by atoms with Gasteiger partial charge in [0.25, 0.3) is 0 Å². The van der Waals surface area contributed by atoms with Crippen molar-refractivity contribution in [1.82, 2.24) is 15.3 Å². The van der Waals surface area contributed by atoms with Gasteiger partial charge in [-0.2, -0.15) is 5.10 Å². The quantitative estimate of drug-likeness (QED) is 0.600. The Morgan fingerprint density at radius 1 is 1.25 bits per heavy atom. The van der Waals surface area contributed by atoms with Crippen LogP contribution in [0.4, 0.5) is 5.69 Å². The molecule has 2 aliphatic heterocycles. The molecule has 0 spiro atoms. The van der Waals surface area contributed by atoms with Crippen molar-refractivity contribution in [3.8, 4) is 5.75 Å². The molecule has 146 valence electrons. The Morgan fingerprint density at radius 2 is 2.07 bits per heavy atom. The van der Waals surface area contributed by atoms with Crippen molar-refractivity contribution in [2.45, 2.75) is 13.3 Å². The number of aromatic nitrogens is 1. The third-order valence-electron chi connectivity index (χ3n) is 4.91. The summed E-state index contributed by atoms with van der Waals surface area (Å²) in [5.74, 6) is 0.664. The van der Waals surface area contributed by atoms with Gasteiger partial charge >= 0.3 is 0 Å². The maximum absolute atomic E-state index is 5.99. The van der Waals surface area contributed by atoms with Gasteiger partial charge in [0.05, 0.1) is 17.3 Å². The van der Waals surface area contributed by atoms with Crippen LogP contribution in [0.15, 0.2) is 41.6 Å². The summed E-state index contributed by atoms with van der Waals surface area (Å²) < 4.78 is 5.62. The number of aryl methyl sites for hydroxylation is 1. The number of fused-ring (bicyclic) bond motifs is 1. The number of hydrazone groups is 1. The summed E-state index contributed by atoms with van der Waals surface area (Å²) >= 11 is 11.5. The molecule has 0 aliphatic carbocycles. The molecule has 0 saturated carbocycles. The first-order valence-corrected chi connectivity index (χ1v) is 10.1. The molecular formula is C20H22ClN5OS. The van der Waals surface area contributed by atoms with Crippen molar-refractivity contribution >= 4 is 40.3 Å². The highest BCUT2D eigenvalue weighted by atomic mass is 35.5. The molecule has 1 aromatic carbocycles. The van der Waals surface area contributed by atoms with Gasteiger partial charge in [-0.25, -0.2) is 4.98 Å². The first-order chi connectivity index (χ1) is 13.6. The van der Waals surface area contributed by atoms with Gasteiger partial charge in [0.15, 0.2) is 5.11 Å². The van der Waals surface area contributed by atoms with Gasteiger partial charge < -0.3 is 14.5 Å². The third-order valence-corrected chi connectivity index (χ3v) is 5.47. The predicted molar refractivity (Wildman–Crippen MR) is 117 cm³/mol. The SMILES string of the molecule is Cc1cccc(N2CCN(C(=S)N/N=C3/CCOc4cc(Cl)cnc43)CC2)c1. The van der Waals surface area contributed by atoms with Crippen LogP contribution in [0.5, 0.6) is 5.75 Å². The Balaban J connectivity index is 1.36. The zero-order chi connectivity index (χ0) is 19.5. The van der Waals surface area contributed by atoms with Gasteiger partial charge in [-0.3, -0.25) is 5.43 Å². The number of halogens is 1. The Labute approximate surface area is 175 Å². The second kappa shape index (κ2) is 8.32. The lowest BCUT2D eigenvalue weighted by Crippen LogP contribution is -2.51. The molecule has 0 radical (unpaired) electrons. The molecule has 3 heterocycles. The molecule has 1 fully saturated rings. The Bertz CT molecular complexity index is 911. The van der Waals surface area contributed by atoms with E-state index in [0.717, 1.165) is 37.6 Å². The molecule has 0 amide bonds.